The predicted molar refractivity (Wildman–Crippen MR) is 53.3 cm³/mol. The Morgan fingerprint density at radius 2 is 2.29 bits per heavy atom. The topological polar surface area (TPSA) is 75.4 Å². The number of anilines is 1. The van der Waals surface area contributed by atoms with E-state index in [1.807, 2.05) is 24.3 Å². The fraction of sp³-hybridized carbons (Fsp3) is 0.300. The number of carboxylic acids is 1. The van der Waals surface area contributed by atoms with E-state index in [1.165, 1.54) is 0 Å². The van der Waals surface area contributed by atoms with Crippen LogP contribution in [0.5, 0.6) is 0 Å². The van der Waals surface area contributed by atoms with Crippen LogP contribution in [0.25, 0.3) is 0 Å². The fourth-order valence-electron chi connectivity index (χ4n) is 1.80. The second kappa shape index (κ2) is 3.31. The smallest absolute Gasteiger partial charge is 0.321 e. The molecule has 0 saturated heterocycles. The van der Waals surface area contributed by atoms with Gasteiger partial charge in [0.05, 0.1) is 0 Å². The highest BCUT2D eigenvalue weighted by atomic mass is 16.4. The van der Waals surface area contributed by atoms with Crippen LogP contribution in [0.3, 0.4) is 0 Å². The van der Waals surface area contributed by atoms with Crippen LogP contribution < -0.4 is 11.1 Å². The van der Waals surface area contributed by atoms with E-state index in [2.05, 4.69) is 5.32 Å². The minimum atomic E-state index is -0.950. The van der Waals surface area contributed by atoms with Crippen molar-refractivity contribution in [2.24, 2.45) is 5.73 Å². The molecule has 1 aliphatic heterocycles. The van der Waals surface area contributed by atoms with Crippen LogP contribution in [0.1, 0.15) is 11.5 Å². The van der Waals surface area contributed by atoms with Crippen molar-refractivity contribution >= 4 is 11.7 Å². The van der Waals surface area contributed by atoms with Crippen LogP contribution >= 0.6 is 0 Å². The van der Waals surface area contributed by atoms with Crippen LogP contribution in [0, 0.1) is 0 Å². The normalized spacial score (nSPS) is 21.1. The van der Waals surface area contributed by atoms with Gasteiger partial charge in [-0.1, -0.05) is 18.2 Å². The maximum atomic E-state index is 10.7. The highest BCUT2D eigenvalue weighted by Gasteiger charge is 2.31. The van der Waals surface area contributed by atoms with Crippen molar-refractivity contribution in [2.45, 2.75) is 12.0 Å². The molecule has 0 aromatic heterocycles. The number of hydrogen-bond donors (Lipinski definition) is 3. The highest BCUT2D eigenvalue weighted by Crippen LogP contribution is 2.32. The molecule has 0 amide bonds. The van der Waals surface area contributed by atoms with Crippen LogP contribution in [0.4, 0.5) is 5.69 Å². The molecule has 1 heterocycles. The van der Waals surface area contributed by atoms with Gasteiger partial charge < -0.3 is 16.2 Å². The summed E-state index contributed by atoms with van der Waals surface area (Å²) in [6, 6.07) is 6.84. The molecule has 4 heteroatoms. The molecule has 0 spiro atoms. The molecule has 4 N–H and O–H groups in total. The van der Waals surface area contributed by atoms with Crippen molar-refractivity contribution in [1.82, 2.24) is 0 Å². The highest BCUT2D eigenvalue weighted by molar-refractivity contribution is 5.76. The fourth-order valence-corrected chi connectivity index (χ4v) is 1.80. The first-order chi connectivity index (χ1) is 6.70. The third-order valence-electron chi connectivity index (χ3n) is 2.59. The first-order valence-electron chi connectivity index (χ1n) is 4.51. The van der Waals surface area contributed by atoms with Gasteiger partial charge in [-0.15, -0.1) is 0 Å². The molecule has 0 bridgehead atoms. The summed E-state index contributed by atoms with van der Waals surface area (Å²) in [7, 11) is 0. The van der Waals surface area contributed by atoms with E-state index >= 15 is 0 Å². The molecule has 4 nitrogen and oxygen atoms in total. The van der Waals surface area contributed by atoms with Gasteiger partial charge in [-0.25, -0.2) is 0 Å². The third kappa shape index (κ3) is 1.33. The number of fused-ring (bicyclic) bond motifs is 1. The Morgan fingerprint density at radius 3 is 3.00 bits per heavy atom. The molecule has 74 valence electrons. The average molecular weight is 192 g/mol. The summed E-state index contributed by atoms with van der Waals surface area (Å²) in [4.78, 5) is 10.7. The number of rotatable bonds is 2. The molecule has 2 atom stereocenters. The molecule has 1 aromatic carbocycles. The lowest BCUT2D eigenvalue weighted by Gasteiger charge is -2.14. The second-order valence-electron chi connectivity index (χ2n) is 3.44. The standard InChI is InChI=1S/C10H12N2O2/c11-9(10(13)14)7-5-12-8-4-2-1-3-6(7)8/h1-4,7,9,12H,5,11H2,(H,13,14). The maximum Gasteiger partial charge on any atom is 0.321 e. The van der Waals surface area contributed by atoms with Gasteiger partial charge in [-0.05, 0) is 11.6 Å². The predicted octanol–water partition coefficient (Wildman–Crippen LogP) is 0.608. The van der Waals surface area contributed by atoms with Gasteiger partial charge in [0.1, 0.15) is 6.04 Å². The maximum absolute atomic E-state index is 10.7. The van der Waals surface area contributed by atoms with Gasteiger partial charge in [0.25, 0.3) is 0 Å². The van der Waals surface area contributed by atoms with Gasteiger partial charge in [0.15, 0.2) is 0 Å². The Bertz CT molecular complexity index is 365. The quantitative estimate of drug-likeness (QED) is 0.641. The zero-order valence-electron chi connectivity index (χ0n) is 7.60. The molecule has 0 radical (unpaired) electrons. The summed E-state index contributed by atoms with van der Waals surface area (Å²) in [5, 5.41) is 12.0. The van der Waals surface area contributed by atoms with Crippen LogP contribution in [0.2, 0.25) is 0 Å². The molecule has 2 unspecified atom stereocenters. The van der Waals surface area contributed by atoms with Crippen LogP contribution in [-0.2, 0) is 4.79 Å². The number of aliphatic carboxylic acids is 1. The number of carbonyl (C=O) groups is 1. The van der Waals surface area contributed by atoms with Crippen molar-refractivity contribution < 1.29 is 9.90 Å². The zero-order chi connectivity index (χ0) is 10.1. The molecular weight excluding hydrogens is 180 g/mol. The number of nitrogens with one attached hydrogen (secondary N) is 1. The molecule has 1 aliphatic rings. The van der Waals surface area contributed by atoms with Crippen molar-refractivity contribution in [3.8, 4) is 0 Å². The Hall–Kier alpha value is -1.55. The molecule has 1 aromatic rings. The largest absolute Gasteiger partial charge is 0.480 e. The zero-order valence-corrected chi connectivity index (χ0v) is 7.60. The van der Waals surface area contributed by atoms with E-state index in [0.29, 0.717) is 6.54 Å². The summed E-state index contributed by atoms with van der Waals surface area (Å²) in [5.74, 6) is -1.07. The van der Waals surface area contributed by atoms with Crippen LogP contribution in [0.15, 0.2) is 24.3 Å². The summed E-state index contributed by atoms with van der Waals surface area (Å²) in [6.07, 6.45) is 0. The minimum Gasteiger partial charge on any atom is -0.480 e. The molecule has 0 fully saturated rings. The van der Waals surface area contributed by atoms with E-state index in [9.17, 15) is 4.79 Å². The lowest BCUT2D eigenvalue weighted by atomic mass is 9.94. The number of benzene rings is 1. The average Bonchev–Trinajstić information content (AvgIpc) is 2.60. The molecular formula is C10H12N2O2. The van der Waals surface area contributed by atoms with Gasteiger partial charge in [-0.2, -0.15) is 0 Å². The van der Waals surface area contributed by atoms with Crippen molar-refractivity contribution in [2.75, 3.05) is 11.9 Å². The Labute approximate surface area is 81.7 Å². The van der Waals surface area contributed by atoms with Crippen LogP contribution in [-0.4, -0.2) is 23.7 Å². The van der Waals surface area contributed by atoms with Gasteiger partial charge in [0, 0.05) is 18.2 Å². The van der Waals surface area contributed by atoms with E-state index < -0.39 is 12.0 Å². The summed E-state index contributed by atoms with van der Waals surface area (Å²) >= 11 is 0. The second-order valence-corrected chi connectivity index (χ2v) is 3.44. The summed E-state index contributed by atoms with van der Waals surface area (Å²) < 4.78 is 0. The Balaban J connectivity index is 2.30. The lowest BCUT2D eigenvalue weighted by Crippen LogP contribution is -2.37. The van der Waals surface area contributed by atoms with Gasteiger partial charge in [-0.3, -0.25) is 4.79 Å². The summed E-state index contributed by atoms with van der Waals surface area (Å²) in [6.45, 7) is 0.604. The van der Waals surface area contributed by atoms with Gasteiger partial charge in [0.2, 0.25) is 0 Å². The van der Waals surface area contributed by atoms with E-state index in [0.717, 1.165) is 11.3 Å². The number of carboxylic acid groups (broad SMARTS) is 1. The molecule has 14 heavy (non-hydrogen) atoms. The Morgan fingerprint density at radius 1 is 1.57 bits per heavy atom. The van der Waals surface area contributed by atoms with E-state index in [4.69, 9.17) is 10.8 Å². The third-order valence-corrected chi connectivity index (χ3v) is 2.59. The molecule has 0 aliphatic carbocycles. The molecule has 2 rings (SSSR count). The SMILES string of the molecule is NC(C(=O)O)C1CNc2ccccc21. The lowest BCUT2D eigenvalue weighted by molar-refractivity contribution is -0.138. The first kappa shape index (κ1) is 9.02. The van der Waals surface area contributed by atoms with E-state index in [1.54, 1.807) is 0 Å². The van der Waals surface area contributed by atoms with Crippen molar-refractivity contribution in [1.29, 1.82) is 0 Å². The first-order valence-corrected chi connectivity index (χ1v) is 4.51. The summed E-state index contributed by atoms with van der Waals surface area (Å²) in [5.41, 5.74) is 7.59. The molecule has 0 saturated carbocycles. The number of hydrogen-bond acceptors (Lipinski definition) is 3. The van der Waals surface area contributed by atoms with Gasteiger partial charge >= 0.3 is 5.97 Å². The number of nitrogens with two attached hydrogens (primary N) is 1. The minimum absolute atomic E-state index is 0.122. The number of para-hydroxylation sites is 1. The monoisotopic (exact) mass is 192 g/mol. The van der Waals surface area contributed by atoms with Crippen molar-refractivity contribution in [3.63, 3.8) is 0 Å². The van der Waals surface area contributed by atoms with Crippen molar-refractivity contribution in [3.05, 3.63) is 29.8 Å². The Kier molecular flexibility index (Phi) is 2.13. The van der Waals surface area contributed by atoms with E-state index in [-0.39, 0.29) is 5.92 Å².